The molecule has 3 atom stereocenters. The molecule has 1 heterocycles. The van der Waals surface area contributed by atoms with E-state index in [4.69, 9.17) is 5.73 Å². The van der Waals surface area contributed by atoms with Gasteiger partial charge in [-0.05, 0) is 37.3 Å². The van der Waals surface area contributed by atoms with Gasteiger partial charge in [0.1, 0.15) is 0 Å². The van der Waals surface area contributed by atoms with Crippen molar-refractivity contribution in [2.45, 2.75) is 32.2 Å². The Balaban J connectivity index is 2.08. The Morgan fingerprint density at radius 2 is 2.00 bits per heavy atom. The number of benzene rings is 1. The molecule has 1 aromatic carbocycles. The quantitative estimate of drug-likeness (QED) is 0.901. The molecule has 0 radical (unpaired) electrons. The first-order chi connectivity index (χ1) is 9.44. The van der Waals surface area contributed by atoms with E-state index in [1.54, 1.807) is 4.31 Å². The standard InChI is InChI=1S/C15H24N2O2S/c1-12(15-6-4-3-5-7-15)11-20(18,19)17-10-14(9-16)8-13(17)2/h3-7,12-14H,8-11,16H2,1-2H3. The van der Waals surface area contributed by atoms with Crippen LogP contribution in [-0.2, 0) is 10.0 Å². The summed E-state index contributed by atoms with van der Waals surface area (Å²) in [6.07, 6.45) is 0.870. The van der Waals surface area contributed by atoms with E-state index in [0.29, 0.717) is 19.0 Å². The van der Waals surface area contributed by atoms with Crippen LogP contribution in [0.5, 0.6) is 0 Å². The zero-order valence-electron chi connectivity index (χ0n) is 12.2. The van der Waals surface area contributed by atoms with E-state index in [2.05, 4.69) is 0 Å². The predicted molar refractivity (Wildman–Crippen MR) is 82.0 cm³/mol. The summed E-state index contributed by atoms with van der Waals surface area (Å²) in [5, 5.41) is 0. The summed E-state index contributed by atoms with van der Waals surface area (Å²) in [7, 11) is -3.22. The highest BCUT2D eigenvalue weighted by Crippen LogP contribution is 2.28. The van der Waals surface area contributed by atoms with Gasteiger partial charge in [-0.15, -0.1) is 0 Å². The summed E-state index contributed by atoms with van der Waals surface area (Å²) in [6, 6.07) is 9.87. The molecule has 5 heteroatoms. The number of hydrogen-bond donors (Lipinski definition) is 1. The minimum absolute atomic E-state index is 0.00493. The maximum absolute atomic E-state index is 12.6. The van der Waals surface area contributed by atoms with Gasteiger partial charge in [0.25, 0.3) is 0 Å². The summed E-state index contributed by atoms with van der Waals surface area (Å²) in [5.74, 6) is 0.468. The molecule has 1 aliphatic heterocycles. The Kier molecular flexibility index (Phi) is 4.83. The summed E-state index contributed by atoms with van der Waals surface area (Å²) >= 11 is 0. The van der Waals surface area contributed by atoms with E-state index >= 15 is 0 Å². The average molecular weight is 296 g/mol. The number of sulfonamides is 1. The molecular weight excluding hydrogens is 272 g/mol. The Morgan fingerprint density at radius 1 is 1.35 bits per heavy atom. The molecule has 0 spiro atoms. The molecule has 0 bridgehead atoms. The monoisotopic (exact) mass is 296 g/mol. The second-order valence-corrected chi connectivity index (χ2v) is 7.81. The first-order valence-corrected chi connectivity index (χ1v) is 8.79. The SMILES string of the molecule is CC(CS(=O)(=O)N1CC(CN)CC1C)c1ccccc1. The van der Waals surface area contributed by atoms with Gasteiger partial charge in [0.05, 0.1) is 5.75 Å². The van der Waals surface area contributed by atoms with Crippen LogP contribution in [0.25, 0.3) is 0 Å². The van der Waals surface area contributed by atoms with Crippen molar-refractivity contribution >= 4 is 10.0 Å². The van der Waals surface area contributed by atoms with Gasteiger partial charge in [0.2, 0.25) is 10.0 Å². The van der Waals surface area contributed by atoms with Crippen molar-refractivity contribution in [3.8, 4) is 0 Å². The summed E-state index contributed by atoms with van der Waals surface area (Å²) < 4.78 is 26.8. The second kappa shape index (κ2) is 6.24. The number of hydrogen-bond acceptors (Lipinski definition) is 3. The first kappa shape index (κ1) is 15.5. The smallest absolute Gasteiger partial charge is 0.214 e. The van der Waals surface area contributed by atoms with Crippen molar-refractivity contribution in [2.75, 3.05) is 18.8 Å². The molecule has 1 aliphatic rings. The van der Waals surface area contributed by atoms with Crippen LogP contribution >= 0.6 is 0 Å². The molecule has 4 nitrogen and oxygen atoms in total. The van der Waals surface area contributed by atoms with Crippen molar-refractivity contribution < 1.29 is 8.42 Å². The zero-order valence-corrected chi connectivity index (χ0v) is 13.0. The highest BCUT2D eigenvalue weighted by atomic mass is 32.2. The molecule has 3 unspecified atom stereocenters. The molecule has 2 N–H and O–H groups in total. The molecule has 0 amide bonds. The fourth-order valence-corrected chi connectivity index (χ4v) is 5.05. The third kappa shape index (κ3) is 3.40. The number of nitrogens with two attached hydrogens (primary N) is 1. The lowest BCUT2D eigenvalue weighted by atomic mass is 10.0. The van der Waals surface area contributed by atoms with Gasteiger partial charge in [0.15, 0.2) is 0 Å². The highest BCUT2D eigenvalue weighted by Gasteiger charge is 2.36. The van der Waals surface area contributed by atoms with Gasteiger partial charge in [0, 0.05) is 12.6 Å². The fraction of sp³-hybridized carbons (Fsp3) is 0.600. The number of nitrogens with zero attached hydrogens (tertiary/aromatic N) is 1. The Labute approximate surface area is 122 Å². The van der Waals surface area contributed by atoms with Crippen LogP contribution in [0, 0.1) is 5.92 Å². The predicted octanol–water partition coefficient (Wildman–Crippen LogP) is 1.79. The van der Waals surface area contributed by atoms with E-state index in [1.165, 1.54) is 0 Å². The largest absolute Gasteiger partial charge is 0.330 e. The molecule has 112 valence electrons. The van der Waals surface area contributed by atoms with E-state index in [1.807, 2.05) is 44.2 Å². The van der Waals surface area contributed by atoms with Gasteiger partial charge < -0.3 is 5.73 Å². The van der Waals surface area contributed by atoms with Gasteiger partial charge in [-0.2, -0.15) is 4.31 Å². The van der Waals surface area contributed by atoms with Crippen molar-refractivity contribution in [3.63, 3.8) is 0 Å². The topological polar surface area (TPSA) is 63.4 Å². The molecule has 2 rings (SSSR count). The van der Waals surface area contributed by atoms with Crippen LogP contribution < -0.4 is 5.73 Å². The van der Waals surface area contributed by atoms with Crippen molar-refractivity contribution in [3.05, 3.63) is 35.9 Å². The lowest BCUT2D eigenvalue weighted by molar-refractivity contribution is 0.403. The zero-order chi connectivity index (χ0) is 14.8. The summed E-state index contributed by atoms with van der Waals surface area (Å²) in [5.41, 5.74) is 6.74. The van der Waals surface area contributed by atoms with E-state index in [-0.39, 0.29) is 17.7 Å². The third-order valence-corrected chi connectivity index (χ3v) is 6.27. The van der Waals surface area contributed by atoms with Crippen LogP contribution in [0.4, 0.5) is 0 Å². The maximum Gasteiger partial charge on any atom is 0.214 e. The van der Waals surface area contributed by atoms with Crippen LogP contribution in [0.3, 0.4) is 0 Å². The second-order valence-electron chi connectivity index (χ2n) is 5.85. The average Bonchev–Trinajstić information content (AvgIpc) is 2.81. The summed E-state index contributed by atoms with van der Waals surface area (Å²) in [6.45, 7) is 5.07. The fourth-order valence-electron chi connectivity index (χ4n) is 2.96. The number of rotatable bonds is 5. The Morgan fingerprint density at radius 3 is 2.55 bits per heavy atom. The lowest BCUT2D eigenvalue weighted by Gasteiger charge is -2.23. The van der Waals surface area contributed by atoms with Crippen LogP contribution in [-0.4, -0.2) is 37.6 Å². The Hall–Kier alpha value is -0.910. The van der Waals surface area contributed by atoms with Crippen molar-refractivity contribution in [1.82, 2.24) is 4.31 Å². The highest BCUT2D eigenvalue weighted by molar-refractivity contribution is 7.89. The van der Waals surface area contributed by atoms with Crippen molar-refractivity contribution in [2.24, 2.45) is 11.7 Å². The summed E-state index contributed by atoms with van der Waals surface area (Å²) in [4.78, 5) is 0. The molecule has 20 heavy (non-hydrogen) atoms. The van der Waals surface area contributed by atoms with Gasteiger partial charge in [-0.1, -0.05) is 37.3 Å². The molecule has 1 fully saturated rings. The van der Waals surface area contributed by atoms with E-state index < -0.39 is 10.0 Å². The maximum atomic E-state index is 12.6. The molecule has 0 aliphatic carbocycles. The minimum atomic E-state index is -3.22. The third-order valence-electron chi connectivity index (χ3n) is 4.12. The first-order valence-electron chi connectivity index (χ1n) is 7.18. The van der Waals surface area contributed by atoms with Gasteiger partial charge in [-0.25, -0.2) is 8.42 Å². The van der Waals surface area contributed by atoms with Crippen molar-refractivity contribution in [1.29, 1.82) is 0 Å². The molecule has 0 aromatic heterocycles. The molecular formula is C15H24N2O2S. The normalized spacial score (nSPS) is 25.8. The Bertz CT molecular complexity index is 530. The molecule has 1 aromatic rings. The van der Waals surface area contributed by atoms with Crippen LogP contribution in [0.1, 0.15) is 31.7 Å². The minimum Gasteiger partial charge on any atom is -0.330 e. The van der Waals surface area contributed by atoms with E-state index in [9.17, 15) is 8.42 Å². The lowest BCUT2D eigenvalue weighted by Crippen LogP contribution is -2.37. The van der Waals surface area contributed by atoms with Crippen LogP contribution in [0.2, 0.25) is 0 Å². The van der Waals surface area contributed by atoms with Gasteiger partial charge in [-0.3, -0.25) is 0 Å². The molecule has 1 saturated heterocycles. The van der Waals surface area contributed by atoms with Crippen LogP contribution in [0.15, 0.2) is 30.3 Å². The van der Waals surface area contributed by atoms with Gasteiger partial charge >= 0.3 is 0 Å². The van der Waals surface area contributed by atoms with E-state index in [0.717, 1.165) is 12.0 Å². The molecule has 0 saturated carbocycles.